The van der Waals surface area contributed by atoms with Gasteiger partial charge in [0.05, 0.1) is 0 Å². The van der Waals surface area contributed by atoms with E-state index in [1.807, 2.05) is 17.0 Å². The van der Waals surface area contributed by atoms with Gasteiger partial charge in [0.1, 0.15) is 13.2 Å². The fourth-order valence-electron chi connectivity index (χ4n) is 2.89. The third-order valence-corrected chi connectivity index (χ3v) is 4.36. The Labute approximate surface area is 130 Å². The van der Waals surface area contributed by atoms with Gasteiger partial charge in [0, 0.05) is 44.0 Å². The summed E-state index contributed by atoms with van der Waals surface area (Å²) in [5, 5.41) is 3.05. The number of ether oxygens (including phenoxy) is 2. The van der Waals surface area contributed by atoms with Gasteiger partial charge in [-0.2, -0.15) is 0 Å². The number of nitrogens with one attached hydrogen (secondary N) is 1. The van der Waals surface area contributed by atoms with Crippen LogP contribution >= 0.6 is 0 Å². The number of hydrogen-bond donors (Lipinski definition) is 1. The number of nitrogens with zero attached hydrogens (tertiary/aromatic N) is 2. The van der Waals surface area contributed by atoms with Crippen molar-refractivity contribution in [2.24, 2.45) is 0 Å². The highest BCUT2D eigenvalue weighted by Crippen LogP contribution is 2.34. The predicted octanol–water partition coefficient (Wildman–Crippen LogP) is 1.45. The largest absolute Gasteiger partial charge is 0.486 e. The van der Waals surface area contributed by atoms with Crippen LogP contribution in [-0.2, 0) is 0 Å². The van der Waals surface area contributed by atoms with Gasteiger partial charge in [0.2, 0.25) is 0 Å². The molecule has 1 saturated carbocycles. The van der Waals surface area contributed by atoms with Crippen molar-refractivity contribution in [3.8, 4) is 11.5 Å². The molecule has 1 aromatic carbocycles. The molecular weight excluding hydrogens is 282 g/mol. The Bertz CT molecular complexity index is 566. The molecule has 1 N–H and O–H groups in total. The molecule has 0 bridgehead atoms. The van der Waals surface area contributed by atoms with Gasteiger partial charge >= 0.3 is 6.03 Å². The van der Waals surface area contributed by atoms with Crippen molar-refractivity contribution in [2.75, 3.05) is 44.3 Å². The van der Waals surface area contributed by atoms with Crippen LogP contribution in [0.1, 0.15) is 12.8 Å². The summed E-state index contributed by atoms with van der Waals surface area (Å²) in [6.45, 7) is 4.42. The predicted molar refractivity (Wildman–Crippen MR) is 82.8 cm³/mol. The normalized spacial score (nSPS) is 20.7. The Morgan fingerprint density at radius 1 is 1.05 bits per heavy atom. The SMILES string of the molecule is O=C(NC1CC1)N1CCN(c2ccc3c(c2)OCCO3)CC1. The van der Waals surface area contributed by atoms with Gasteiger partial charge in [0.15, 0.2) is 11.5 Å². The third kappa shape index (κ3) is 2.77. The molecule has 1 aromatic rings. The Hall–Kier alpha value is -2.11. The molecule has 2 fully saturated rings. The van der Waals surface area contributed by atoms with Crippen LogP contribution in [0.2, 0.25) is 0 Å². The highest BCUT2D eigenvalue weighted by Gasteiger charge is 2.28. The van der Waals surface area contributed by atoms with Crippen molar-refractivity contribution in [1.29, 1.82) is 0 Å². The van der Waals surface area contributed by atoms with Crippen molar-refractivity contribution in [1.82, 2.24) is 10.2 Å². The molecule has 118 valence electrons. The number of carbonyl (C=O) groups is 1. The maximum Gasteiger partial charge on any atom is 0.317 e. The first kappa shape index (κ1) is 13.5. The van der Waals surface area contributed by atoms with E-state index >= 15 is 0 Å². The van der Waals surface area contributed by atoms with Crippen LogP contribution in [0.5, 0.6) is 11.5 Å². The van der Waals surface area contributed by atoms with Gasteiger partial charge in [-0.3, -0.25) is 0 Å². The van der Waals surface area contributed by atoms with E-state index in [-0.39, 0.29) is 6.03 Å². The van der Waals surface area contributed by atoms with Gasteiger partial charge in [-0.25, -0.2) is 4.79 Å². The molecule has 0 radical (unpaired) electrons. The Morgan fingerprint density at radius 3 is 2.50 bits per heavy atom. The fourth-order valence-corrected chi connectivity index (χ4v) is 2.89. The minimum atomic E-state index is 0.0873. The lowest BCUT2D eigenvalue weighted by Gasteiger charge is -2.36. The Morgan fingerprint density at radius 2 is 1.77 bits per heavy atom. The number of carbonyl (C=O) groups excluding carboxylic acids is 1. The van der Waals surface area contributed by atoms with Crippen molar-refractivity contribution in [3.05, 3.63) is 18.2 Å². The molecule has 2 aliphatic heterocycles. The number of fused-ring (bicyclic) bond motifs is 1. The molecule has 1 aliphatic carbocycles. The molecule has 22 heavy (non-hydrogen) atoms. The second-order valence-electron chi connectivity index (χ2n) is 6.03. The van der Waals surface area contributed by atoms with E-state index in [0.29, 0.717) is 19.3 Å². The molecule has 0 spiro atoms. The first-order valence-corrected chi connectivity index (χ1v) is 8.00. The van der Waals surface area contributed by atoms with Crippen LogP contribution in [0.3, 0.4) is 0 Å². The molecule has 0 atom stereocenters. The second-order valence-corrected chi connectivity index (χ2v) is 6.03. The van der Waals surface area contributed by atoms with Crippen molar-refractivity contribution in [2.45, 2.75) is 18.9 Å². The average Bonchev–Trinajstić information content (AvgIpc) is 3.38. The summed E-state index contributed by atoms with van der Waals surface area (Å²) in [5.41, 5.74) is 1.13. The molecule has 2 amide bonds. The van der Waals surface area contributed by atoms with Crippen molar-refractivity contribution in [3.63, 3.8) is 0 Å². The smallest absolute Gasteiger partial charge is 0.317 e. The van der Waals surface area contributed by atoms with Gasteiger partial charge < -0.3 is 24.6 Å². The summed E-state index contributed by atoms with van der Waals surface area (Å²) in [4.78, 5) is 16.2. The van der Waals surface area contributed by atoms with Crippen LogP contribution in [0.4, 0.5) is 10.5 Å². The topological polar surface area (TPSA) is 54.0 Å². The summed E-state index contributed by atoms with van der Waals surface area (Å²) in [5.74, 6) is 1.63. The number of anilines is 1. The minimum Gasteiger partial charge on any atom is -0.486 e. The molecule has 0 unspecified atom stereocenters. The van der Waals surface area contributed by atoms with Crippen LogP contribution in [0.15, 0.2) is 18.2 Å². The van der Waals surface area contributed by atoms with E-state index in [1.165, 1.54) is 0 Å². The monoisotopic (exact) mass is 303 g/mol. The highest BCUT2D eigenvalue weighted by molar-refractivity contribution is 5.75. The first-order chi connectivity index (χ1) is 10.8. The molecule has 4 rings (SSSR count). The summed E-state index contributed by atoms with van der Waals surface area (Å²) in [7, 11) is 0. The molecule has 2 heterocycles. The third-order valence-electron chi connectivity index (χ3n) is 4.36. The number of benzene rings is 1. The first-order valence-electron chi connectivity index (χ1n) is 8.00. The fraction of sp³-hybridized carbons (Fsp3) is 0.562. The van der Waals surface area contributed by atoms with Crippen LogP contribution in [-0.4, -0.2) is 56.4 Å². The lowest BCUT2D eigenvalue weighted by atomic mass is 10.2. The summed E-state index contributed by atoms with van der Waals surface area (Å²) < 4.78 is 11.2. The molecule has 3 aliphatic rings. The number of amides is 2. The Kier molecular flexibility index (Phi) is 3.44. The molecule has 6 heteroatoms. The van der Waals surface area contributed by atoms with Crippen LogP contribution in [0.25, 0.3) is 0 Å². The van der Waals surface area contributed by atoms with E-state index in [0.717, 1.165) is 56.2 Å². The number of piperazine rings is 1. The highest BCUT2D eigenvalue weighted by atomic mass is 16.6. The second kappa shape index (κ2) is 5.59. The van der Waals surface area contributed by atoms with Crippen molar-refractivity contribution < 1.29 is 14.3 Å². The van der Waals surface area contributed by atoms with Gasteiger partial charge in [-0.1, -0.05) is 0 Å². The maximum atomic E-state index is 12.0. The van der Waals surface area contributed by atoms with E-state index in [4.69, 9.17) is 9.47 Å². The molecular formula is C16H21N3O3. The summed E-state index contributed by atoms with van der Waals surface area (Å²) in [6.07, 6.45) is 2.26. The quantitative estimate of drug-likeness (QED) is 0.898. The number of urea groups is 1. The number of hydrogen-bond acceptors (Lipinski definition) is 4. The lowest BCUT2D eigenvalue weighted by Crippen LogP contribution is -2.52. The zero-order valence-corrected chi connectivity index (χ0v) is 12.6. The molecule has 6 nitrogen and oxygen atoms in total. The average molecular weight is 303 g/mol. The molecule has 0 aromatic heterocycles. The van der Waals surface area contributed by atoms with Gasteiger partial charge in [-0.05, 0) is 25.0 Å². The van der Waals surface area contributed by atoms with Crippen molar-refractivity contribution >= 4 is 11.7 Å². The Balaban J connectivity index is 1.37. The van der Waals surface area contributed by atoms with Gasteiger partial charge in [-0.15, -0.1) is 0 Å². The van der Waals surface area contributed by atoms with Gasteiger partial charge in [0.25, 0.3) is 0 Å². The van der Waals surface area contributed by atoms with Crippen LogP contribution < -0.4 is 19.7 Å². The zero-order valence-electron chi connectivity index (χ0n) is 12.6. The maximum absolute atomic E-state index is 12.0. The zero-order chi connectivity index (χ0) is 14.9. The summed E-state index contributed by atoms with van der Waals surface area (Å²) >= 11 is 0. The number of rotatable bonds is 2. The minimum absolute atomic E-state index is 0.0873. The van der Waals surface area contributed by atoms with E-state index < -0.39 is 0 Å². The molecule has 1 saturated heterocycles. The lowest BCUT2D eigenvalue weighted by molar-refractivity contribution is 0.171. The summed E-state index contributed by atoms with van der Waals surface area (Å²) in [6, 6.07) is 6.57. The van der Waals surface area contributed by atoms with E-state index in [2.05, 4.69) is 16.3 Å². The van der Waals surface area contributed by atoms with Crippen LogP contribution in [0, 0.1) is 0 Å². The standard InChI is InChI=1S/C16H21N3O3/c20-16(17-12-1-2-12)19-7-5-18(6-8-19)13-3-4-14-15(11-13)22-10-9-21-14/h3-4,11-12H,1-2,5-10H2,(H,17,20). The van der Waals surface area contributed by atoms with E-state index in [9.17, 15) is 4.79 Å². The van der Waals surface area contributed by atoms with E-state index in [1.54, 1.807) is 0 Å².